The number of aliphatic hydroxyl groups excluding tert-OH is 1. The van der Waals surface area contributed by atoms with Gasteiger partial charge in [0.2, 0.25) is 17.7 Å². The predicted molar refractivity (Wildman–Crippen MR) is 116 cm³/mol. The van der Waals surface area contributed by atoms with E-state index in [2.05, 4.69) is 22.5 Å². The lowest BCUT2D eigenvalue weighted by molar-refractivity contribution is -0.140. The fourth-order valence-electron chi connectivity index (χ4n) is 6.03. The maximum Gasteiger partial charge on any atom is 0.244 e. The Labute approximate surface area is 187 Å². The van der Waals surface area contributed by atoms with Crippen LogP contribution in [-0.2, 0) is 19.1 Å². The lowest BCUT2D eigenvalue weighted by Crippen LogP contribution is -2.57. The van der Waals surface area contributed by atoms with E-state index in [0.29, 0.717) is 32.7 Å². The molecule has 174 valence electrons. The number of rotatable bonds is 8. The first-order valence-electron chi connectivity index (χ1n) is 11.3. The molecular formula is C21H34N4O5S. The summed E-state index contributed by atoms with van der Waals surface area (Å²) in [6, 6.07) is -0.610. The summed E-state index contributed by atoms with van der Waals surface area (Å²) in [6.07, 6.45) is 1.25. The van der Waals surface area contributed by atoms with Gasteiger partial charge >= 0.3 is 0 Å². The molecule has 0 aromatic heterocycles. The molecule has 10 heteroatoms. The number of aliphatic hydroxyl groups is 1. The molecule has 4 rings (SSSR count). The molecule has 1 spiro atoms. The van der Waals surface area contributed by atoms with Crippen molar-refractivity contribution in [3.8, 4) is 0 Å². The Morgan fingerprint density at radius 1 is 1.26 bits per heavy atom. The van der Waals surface area contributed by atoms with Crippen molar-refractivity contribution in [2.75, 3.05) is 59.6 Å². The van der Waals surface area contributed by atoms with Crippen molar-refractivity contribution in [3.63, 3.8) is 0 Å². The van der Waals surface area contributed by atoms with Gasteiger partial charge in [0, 0.05) is 51.6 Å². The number of fused-ring (bicyclic) bond motifs is 1. The van der Waals surface area contributed by atoms with Gasteiger partial charge in [-0.3, -0.25) is 19.3 Å². The summed E-state index contributed by atoms with van der Waals surface area (Å²) in [5.41, 5.74) is 0. The van der Waals surface area contributed by atoms with Crippen LogP contribution in [0.5, 0.6) is 0 Å². The van der Waals surface area contributed by atoms with Crippen LogP contribution in [0.15, 0.2) is 0 Å². The normalized spacial score (nSPS) is 37.2. The number of morpholine rings is 1. The summed E-state index contributed by atoms with van der Waals surface area (Å²) in [6.45, 7) is 6.78. The quantitative estimate of drug-likeness (QED) is 0.427. The number of hydrogen-bond donors (Lipinski definition) is 3. The minimum absolute atomic E-state index is 0.0446. The molecule has 6 atom stereocenters. The summed E-state index contributed by atoms with van der Waals surface area (Å²) in [5, 5.41) is 15.2. The van der Waals surface area contributed by atoms with Crippen LogP contribution < -0.4 is 10.6 Å². The predicted octanol–water partition coefficient (Wildman–Crippen LogP) is -1.10. The van der Waals surface area contributed by atoms with E-state index in [-0.39, 0.29) is 35.5 Å². The average Bonchev–Trinajstić information content (AvgIpc) is 3.36. The SMILES string of the molecule is CNC(=O)[C@@H]1[C@@H]2CC(C)C3(S2)C(C(=O)NCCN2CCOCC2)N(CCCO)C(=O)[C@H]13. The van der Waals surface area contributed by atoms with Crippen molar-refractivity contribution in [1.29, 1.82) is 0 Å². The first kappa shape index (κ1) is 22.8. The fraction of sp³-hybridized carbons (Fsp3) is 0.857. The Morgan fingerprint density at radius 3 is 2.68 bits per heavy atom. The van der Waals surface area contributed by atoms with E-state index in [1.54, 1.807) is 23.7 Å². The van der Waals surface area contributed by atoms with Crippen LogP contribution in [-0.4, -0.2) is 108 Å². The van der Waals surface area contributed by atoms with Crippen molar-refractivity contribution >= 4 is 29.5 Å². The fourth-order valence-corrected chi connectivity index (χ4v) is 8.45. The van der Waals surface area contributed by atoms with E-state index in [0.717, 1.165) is 26.1 Å². The number of ether oxygens (including phenoxy) is 1. The molecule has 4 heterocycles. The second kappa shape index (κ2) is 9.25. The second-order valence-electron chi connectivity index (χ2n) is 9.02. The molecule has 0 aromatic carbocycles. The summed E-state index contributed by atoms with van der Waals surface area (Å²) >= 11 is 1.67. The van der Waals surface area contributed by atoms with Crippen LogP contribution in [0.3, 0.4) is 0 Å². The van der Waals surface area contributed by atoms with E-state index in [1.807, 2.05) is 0 Å². The number of likely N-dealkylation sites (tertiary alicyclic amines) is 1. The van der Waals surface area contributed by atoms with Crippen LogP contribution >= 0.6 is 11.8 Å². The lowest BCUT2D eigenvalue weighted by Gasteiger charge is -2.38. The van der Waals surface area contributed by atoms with Crippen LogP contribution in [0.2, 0.25) is 0 Å². The van der Waals surface area contributed by atoms with E-state index in [1.165, 1.54) is 0 Å². The standard InChI is InChI=1S/C21H34N4O5S/c1-13-12-14-15(18(27)22-2)16-20(29)25(5-3-9-26)17(21(13,16)31-14)19(28)23-4-6-24-7-10-30-11-8-24/h13-17,26H,3-12H2,1-2H3,(H,22,27)(H,23,28)/t13?,14-,15+,16-,17?,21?/m0/s1. The van der Waals surface area contributed by atoms with Gasteiger partial charge in [-0.15, -0.1) is 11.8 Å². The molecule has 9 nitrogen and oxygen atoms in total. The first-order chi connectivity index (χ1) is 15.0. The van der Waals surface area contributed by atoms with Gasteiger partial charge in [-0.2, -0.15) is 0 Å². The zero-order valence-electron chi connectivity index (χ0n) is 18.3. The number of amides is 3. The highest BCUT2D eigenvalue weighted by Gasteiger charge is 2.75. The van der Waals surface area contributed by atoms with Gasteiger partial charge in [-0.05, 0) is 18.8 Å². The highest BCUT2D eigenvalue weighted by molar-refractivity contribution is 8.02. The van der Waals surface area contributed by atoms with E-state index in [4.69, 9.17) is 4.74 Å². The summed E-state index contributed by atoms with van der Waals surface area (Å²) in [5.74, 6) is -1.09. The molecular weight excluding hydrogens is 420 g/mol. The Hall–Kier alpha value is -1.36. The van der Waals surface area contributed by atoms with E-state index >= 15 is 0 Å². The smallest absolute Gasteiger partial charge is 0.244 e. The van der Waals surface area contributed by atoms with Crippen molar-refractivity contribution in [2.24, 2.45) is 17.8 Å². The number of hydrogen-bond acceptors (Lipinski definition) is 7. The zero-order valence-corrected chi connectivity index (χ0v) is 19.2. The number of carbonyl (C=O) groups is 3. The lowest BCUT2D eigenvalue weighted by atomic mass is 9.66. The van der Waals surface area contributed by atoms with Crippen molar-refractivity contribution in [2.45, 2.75) is 35.8 Å². The molecule has 4 saturated heterocycles. The third-order valence-corrected chi connectivity index (χ3v) is 9.51. The molecule has 31 heavy (non-hydrogen) atoms. The molecule has 2 bridgehead atoms. The van der Waals surface area contributed by atoms with Gasteiger partial charge < -0.3 is 25.4 Å². The van der Waals surface area contributed by atoms with Crippen molar-refractivity contribution in [1.82, 2.24) is 20.4 Å². The second-order valence-corrected chi connectivity index (χ2v) is 10.6. The van der Waals surface area contributed by atoms with Gasteiger partial charge in [-0.25, -0.2) is 0 Å². The van der Waals surface area contributed by atoms with Crippen LogP contribution in [0.1, 0.15) is 19.8 Å². The number of nitrogens with one attached hydrogen (secondary N) is 2. The number of nitrogens with zero attached hydrogens (tertiary/aromatic N) is 2. The Morgan fingerprint density at radius 2 is 2.00 bits per heavy atom. The molecule has 0 aromatic rings. The van der Waals surface area contributed by atoms with E-state index in [9.17, 15) is 19.5 Å². The molecule has 0 aliphatic carbocycles. The van der Waals surface area contributed by atoms with Gasteiger partial charge in [-0.1, -0.05) is 6.92 Å². The third-order valence-electron chi connectivity index (χ3n) is 7.43. The van der Waals surface area contributed by atoms with Crippen LogP contribution in [0.4, 0.5) is 0 Å². The molecule has 4 aliphatic rings. The van der Waals surface area contributed by atoms with Crippen LogP contribution in [0.25, 0.3) is 0 Å². The number of thioether (sulfide) groups is 1. The minimum Gasteiger partial charge on any atom is -0.396 e. The highest BCUT2D eigenvalue weighted by atomic mass is 32.2. The first-order valence-corrected chi connectivity index (χ1v) is 12.2. The maximum absolute atomic E-state index is 13.5. The molecule has 3 unspecified atom stereocenters. The Balaban J connectivity index is 1.55. The Kier molecular flexibility index (Phi) is 6.81. The van der Waals surface area contributed by atoms with Crippen molar-refractivity contribution < 1.29 is 24.2 Å². The highest BCUT2D eigenvalue weighted by Crippen LogP contribution is 2.68. The third kappa shape index (κ3) is 3.75. The molecule has 0 radical (unpaired) electrons. The molecule has 4 fully saturated rings. The average molecular weight is 455 g/mol. The minimum atomic E-state index is -0.610. The van der Waals surface area contributed by atoms with Gasteiger partial charge in [0.15, 0.2) is 0 Å². The topological polar surface area (TPSA) is 111 Å². The largest absolute Gasteiger partial charge is 0.396 e. The van der Waals surface area contributed by atoms with Crippen molar-refractivity contribution in [3.05, 3.63) is 0 Å². The van der Waals surface area contributed by atoms with Crippen LogP contribution in [0, 0.1) is 17.8 Å². The van der Waals surface area contributed by atoms with Gasteiger partial charge in [0.25, 0.3) is 0 Å². The summed E-state index contributed by atoms with van der Waals surface area (Å²) < 4.78 is 4.79. The molecule has 4 aliphatic heterocycles. The van der Waals surface area contributed by atoms with Gasteiger partial charge in [0.1, 0.15) is 6.04 Å². The maximum atomic E-state index is 13.5. The summed E-state index contributed by atoms with van der Waals surface area (Å²) in [4.78, 5) is 43.6. The monoisotopic (exact) mass is 454 g/mol. The summed E-state index contributed by atoms with van der Waals surface area (Å²) in [7, 11) is 1.61. The molecule has 3 N–H and O–H groups in total. The zero-order chi connectivity index (χ0) is 22.2. The Bertz CT molecular complexity index is 718. The number of carbonyl (C=O) groups excluding carboxylic acids is 3. The van der Waals surface area contributed by atoms with Gasteiger partial charge in [0.05, 0.1) is 29.8 Å². The van der Waals surface area contributed by atoms with E-state index < -0.39 is 22.6 Å². The molecule has 3 amide bonds. The molecule has 0 saturated carbocycles.